The van der Waals surface area contributed by atoms with Gasteiger partial charge >= 0.3 is 30.3 Å². The molecule has 2 bridgehead atoms. The first kappa shape index (κ1) is 44.8. The number of alkyl halides is 6. The second-order valence-corrected chi connectivity index (χ2v) is 15.0. The average molecular weight is 880 g/mol. The van der Waals surface area contributed by atoms with Crippen LogP contribution in [0.25, 0.3) is 32.8 Å². The number of phenolic OH excluding ortho intramolecular Hbond substituents is 1. The smallest absolute Gasteiger partial charge is 0.490 e. The van der Waals surface area contributed by atoms with Crippen LogP contribution >= 0.6 is 11.6 Å². The van der Waals surface area contributed by atoms with Crippen molar-refractivity contribution in [3.05, 3.63) is 71.8 Å². The first-order valence-corrected chi connectivity index (χ1v) is 19.2. The van der Waals surface area contributed by atoms with Gasteiger partial charge < -0.3 is 44.6 Å². The third-order valence-corrected chi connectivity index (χ3v) is 10.6. The standard InChI is InChI=1S/C37H38ClN5O4.2C2HF3O2/c1-42-13-5-7-25(42)21-46-37-40-33-17-30(29-15-26(44)14-22-6-3-4-8-28(22)29)35(47-34-12-11-27(45-2)16-32(34)38)18-31(33)36(41-37)43-19-23-9-10-24(20-43)39-23;2*3-2(4,5)1(6)7/h3-4,6,8,11-12,14-18,23-25,39,44H,5,7,9-10,13,19-21H2,1-2H3;2*(H,6,7)/t23-,24+,25-;;/m0../s1. The number of anilines is 1. The maximum atomic E-state index is 10.8. The molecule has 8 rings (SSSR count). The van der Waals surface area contributed by atoms with Crippen LogP contribution in [0, 0.1) is 0 Å². The summed E-state index contributed by atoms with van der Waals surface area (Å²) in [5.74, 6) is -2.82. The fourth-order valence-corrected chi connectivity index (χ4v) is 7.59. The van der Waals surface area contributed by atoms with Crippen molar-refractivity contribution in [2.24, 2.45) is 0 Å². The van der Waals surface area contributed by atoms with Crippen LogP contribution in [0.5, 0.6) is 29.0 Å². The van der Waals surface area contributed by atoms with E-state index >= 15 is 0 Å². The molecule has 3 fully saturated rings. The van der Waals surface area contributed by atoms with Gasteiger partial charge in [0.2, 0.25) is 0 Å². The lowest BCUT2D eigenvalue weighted by molar-refractivity contribution is -0.193. The van der Waals surface area contributed by atoms with Gasteiger partial charge in [0.15, 0.2) is 0 Å². The van der Waals surface area contributed by atoms with E-state index in [-0.39, 0.29) is 5.75 Å². The van der Waals surface area contributed by atoms with Crippen molar-refractivity contribution >= 4 is 51.0 Å². The number of aromatic nitrogens is 2. The molecule has 3 aliphatic rings. The molecule has 3 saturated heterocycles. The second-order valence-electron chi connectivity index (χ2n) is 14.5. The van der Waals surface area contributed by atoms with E-state index in [1.54, 1.807) is 31.4 Å². The Morgan fingerprint density at radius 2 is 1.51 bits per heavy atom. The number of piperazine rings is 1. The summed E-state index contributed by atoms with van der Waals surface area (Å²) < 4.78 is 81.9. The van der Waals surface area contributed by atoms with Crippen LogP contribution in [0.4, 0.5) is 32.2 Å². The van der Waals surface area contributed by atoms with Crippen molar-refractivity contribution < 1.29 is 65.5 Å². The van der Waals surface area contributed by atoms with E-state index in [2.05, 4.69) is 22.2 Å². The number of methoxy groups -OCH3 is 1. The van der Waals surface area contributed by atoms with Crippen LogP contribution in [-0.2, 0) is 9.59 Å². The topological polar surface area (TPSA) is 167 Å². The number of nitrogens with one attached hydrogen (secondary N) is 1. The van der Waals surface area contributed by atoms with Crippen molar-refractivity contribution in [3.63, 3.8) is 0 Å². The Hall–Kier alpha value is -5.79. The zero-order valence-corrected chi connectivity index (χ0v) is 33.3. The Morgan fingerprint density at radius 3 is 2.10 bits per heavy atom. The molecule has 0 amide bonds. The number of carbonyl (C=O) groups is 2. The number of likely N-dealkylation sites (N-methyl/N-ethyl adjacent to an activating group) is 1. The highest BCUT2D eigenvalue weighted by molar-refractivity contribution is 6.32. The van der Waals surface area contributed by atoms with Gasteiger partial charge in [-0.3, -0.25) is 0 Å². The minimum Gasteiger partial charge on any atom is -0.508 e. The van der Waals surface area contributed by atoms with Crippen LogP contribution in [0.2, 0.25) is 5.02 Å². The number of hydrogen-bond donors (Lipinski definition) is 4. The summed E-state index contributed by atoms with van der Waals surface area (Å²) in [5, 5.41) is 32.0. The number of aromatic hydroxyl groups is 1. The third kappa shape index (κ3) is 10.9. The predicted octanol–water partition coefficient (Wildman–Crippen LogP) is 8.29. The Labute approximate surface area is 349 Å². The highest BCUT2D eigenvalue weighted by atomic mass is 35.5. The van der Waals surface area contributed by atoms with E-state index in [0.717, 1.165) is 77.5 Å². The molecule has 61 heavy (non-hydrogen) atoms. The maximum absolute atomic E-state index is 10.8. The summed E-state index contributed by atoms with van der Waals surface area (Å²) in [7, 11) is 3.75. The van der Waals surface area contributed by atoms with Crippen molar-refractivity contribution in [2.45, 2.75) is 56.2 Å². The Morgan fingerprint density at radius 1 is 0.852 bits per heavy atom. The van der Waals surface area contributed by atoms with E-state index in [0.29, 0.717) is 53.0 Å². The summed E-state index contributed by atoms with van der Waals surface area (Å²) in [6.07, 6.45) is -5.59. The number of phenols is 1. The molecular formula is C41H40ClF6N5O8. The lowest BCUT2D eigenvalue weighted by atomic mass is 9.96. The fraction of sp³-hybridized carbons (Fsp3) is 0.366. The molecule has 3 atom stereocenters. The van der Waals surface area contributed by atoms with Gasteiger partial charge in [-0.05, 0) is 92.0 Å². The average Bonchev–Trinajstić information content (AvgIpc) is 3.78. The van der Waals surface area contributed by atoms with Crippen LogP contribution in [0.3, 0.4) is 0 Å². The van der Waals surface area contributed by atoms with Crippen LogP contribution in [-0.4, -0.2) is 113 Å². The number of carboxylic acid groups (broad SMARTS) is 2. The van der Waals surface area contributed by atoms with Gasteiger partial charge in [-0.2, -0.15) is 36.3 Å². The minimum absolute atomic E-state index is 0.164. The first-order chi connectivity index (χ1) is 28.8. The lowest BCUT2D eigenvalue weighted by Crippen LogP contribution is -2.51. The maximum Gasteiger partial charge on any atom is 0.490 e. The summed E-state index contributed by atoms with van der Waals surface area (Å²) in [6, 6.07) is 22.5. The number of ether oxygens (including phenoxy) is 3. The van der Waals surface area contributed by atoms with E-state index in [4.69, 9.17) is 55.6 Å². The predicted molar refractivity (Wildman–Crippen MR) is 213 cm³/mol. The number of fused-ring (bicyclic) bond motifs is 4. The third-order valence-electron chi connectivity index (χ3n) is 10.3. The quantitative estimate of drug-likeness (QED) is 0.110. The molecule has 5 aromatic rings. The largest absolute Gasteiger partial charge is 0.508 e. The summed E-state index contributed by atoms with van der Waals surface area (Å²) in [5.41, 5.74) is 2.33. The summed E-state index contributed by atoms with van der Waals surface area (Å²) in [6.45, 7) is 3.32. The summed E-state index contributed by atoms with van der Waals surface area (Å²) in [4.78, 5) is 32.6. The number of carboxylic acids is 2. The van der Waals surface area contributed by atoms with Crippen molar-refractivity contribution in [2.75, 3.05) is 45.3 Å². The van der Waals surface area contributed by atoms with Gasteiger partial charge in [-0.1, -0.05) is 35.9 Å². The molecule has 13 nitrogen and oxygen atoms in total. The molecule has 0 aliphatic carbocycles. The Bertz CT molecular complexity index is 2370. The van der Waals surface area contributed by atoms with Crippen molar-refractivity contribution in [3.8, 4) is 40.1 Å². The normalized spacial score (nSPS) is 18.8. The number of benzene rings is 4. The summed E-state index contributed by atoms with van der Waals surface area (Å²) >= 11 is 6.70. The highest BCUT2D eigenvalue weighted by Crippen LogP contribution is 2.45. The number of hydrogen-bond acceptors (Lipinski definition) is 11. The van der Waals surface area contributed by atoms with Crippen LogP contribution < -0.4 is 24.4 Å². The molecule has 0 spiro atoms. The zero-order valence-electron chi connectivity index (χ0n) is 32.6. The van der Waals surface area contributed by atoms with Gasteiger partial charge in [-0.25, -0.2) is 9.59 Å². The molecule has 1 aromatic heterocycles. The molecular weight excluding hydrogens is 840 g/mol. The SMILES string of the molecule is COc1ccc(Oc2cc3c(N4C[C@H]5CC[C@@H](C4)N5)nc(OC[C@@H]4CCCN4C)nc3cc2-c2cc(O)cc3ccccc23)c(Cl)c1.O=C(O)C(F)(F)F.O=C(O)C(F)(F)F. The van der Waals surface area contributed by atoms with Gasteiger partial charge in [0, 0.05) is 48.2 Å². The molecule has 4 heterocycles. The molecule has 326 valence electrons. The van der Waals surface area contributed by atoms with E-state index in [1.807, 2.05) is 42.5 Å². The van der Waals surface area contributed by atoms with E-state index in [9.17, 15) is 31.4 Å². The van der Waals surface area contributed by atoms with E-state index < -0.39 is 24.3 Å². The number of aliphatic carboxylic acids is 2. The van der Waals surface area contributed by atoms with Crippen LogP contribution in [0.15, 0.2) is 66.7 Å². The highest BCUT2D eigenvalue weighted by Gasteiger charge is 2.39. The van der Waals surface area contributed by atoms with Crippen LogP contribution in [0.1, 0.15) is 25.7 Å². The molecule has 4 aromatic carbocycles. The van der Waals surface area contributed by atoms with Crippen molar-refractivity contribution in [1.29, 1.82) is 0 Å². The monoisotopic (exact) mass is 879 g/mol. The first-order valence-electron chi connectivity index (χ1n) is 18.8. The fourth-order valence-electron chi connectivity index (χ4n) is 7.38. The van der Waals surface area contributed by atoms with Gasteiger partial charge in [0.25, 0.3) is 0 Å². The minimum atomic E-state index is -5.08. The second kappa shape index (κ2) is 18.4. The number of likely N-dealkylation sites (tertiary alicyclic amines) is 1. The zero-order chi connectivity index (χ0) is 44.2. The van der Waals surface area contributed by atoms with E-state index in [1.165, 1.54) is 6.42 Å². The number of rotatable bonds is 8. The molecule has 0 saturated carbocycles. The molecule has 20 heteroatoms. The van der Waals surface area contributed by atoms with Gasteiger partial charge in [0.1, 0.15) is 35.4 Å². The molecule has 4 N–H and O–H groups in total. The van der Waals surface area contributed by atoms with Crippen molar-refractivity contribution in [1.82, 2.24) is 20.2 Å². The number of nitrogens with zero attached hydrogens (tertiary/aromatic N) is 4. The number of halogens is 7. The van der Waals surface area contributed by atoms with Gasteiger partial charge in [0.05, 0.1) is 17.6 Å². The molecule has 0 radical (unpaired) electrons. The molecule has 0 unspecified atom stereocenters. The lowest BCUT2D eigenvalue weighted by Gasteiger charge is -2.34. The Balaban J connectivity index is 0.000000385. The Kier molecular flexibility index (Phi) is 13.5. The molecule has 3 aliphatic heterocycles. The van der Waals surface area contributed by atoms with Gasteiger partial charge in [-0.15, -0.1) is 0 Å².